The van der Waals surface area contributed by atoms with Crippen LogP contribution in [0.3, 0.4) is 0 Å². The summed E-state index contributed by atoms with van der Waals surface area (Å²) in [6.07, 6.45) is 3.81. The van der Waals surface area contributed by atoms with Crippen molar-refractivity contribution < 1.29 is 0 Å². The van der Waals surface area contributed by atoms with Crippen LogP contribution in [0.5, 0.6) is 0 Å². The van der Waals surface area contributed by atoms with Crippen LogP contribution in [0.2, 0.25) is 0 Å². The Bertz CT molecular complexity index is 519. The highest BCUT2D eigenvalue weighted by atomic mass is 79.9. The van der Waals surface area contributed by atoms with Gasteiger partial charge in [0.1, 0.15) is 0 Å². The van der Waals surface area contributed by atoms with Gasteiger partial charge in [0.25, 0.3) is 0 Å². The molecule has 4 nitrogen and oxygen atoms in total. The zero-order valence-electron chi connectivity index (χ0n) is 9.77. The molecule has 1 fully saturated rings. The summed E-state index contributed by atoms with van der Waals surface area (Å²) in [5.41, 5.74) is 1.07. The number of anilines is 1. The van der Waals surface area contributed by atoms with E-state index < -0.39 is 0 Å². The van der Waals surface area contributed by atoms with E-state index in [2.05, 4.69) is 42.2 Å². The zero-order chi connectivity index (χ0) is 12.4. The van der Waals surface area contributed by atoms with Crippen molar-refractivity contribution in [3.8, 4) is 10.4 Å². The number of piperazine rings is 1. The van der Waals surface area contributed by atoms with E-state index in [0.29, 0.717) is 0 Å². The summed E-state index contributed by atoms with van der Waals surface area (Å²) in [5.74, 6) is 0.830. The Labute approximate surface area is 118 Å². The molecular weight excluding hydrogens is 312 g/mol. The van der Waals surface area contributed by atoms with Crippen LogP contribution in [-0.2, 0) is 0 Å². The van der Waals surface area contributed by atoms with Gasteiger partial charge in [-0.1, -0.05) is 0 Å². The van der Waals surface area contributed by atoms with Crippen molar-refractivity contribution in [2.75, 3.05) is 31.1 Å². The Hall–Kier alpha value is -0.980. The summed E-state index contributed by atoms with van der Waals surface area (Å²) in [6.45, 7) is 3.96. The molecule has 0 aliphatic carbocycles. The molecular formula is C12H13BrN4S. The maximum atomic E-state index is 4.47. The molecule has 1 aliphatic rings. The predicted molar refractivity (Wildman–Crippen MR) is 78.1 cm³/mol. The summed E-state index contributed by atoms with van der Waals surface area (Å²) in [7, 11) is 0. The van der Waals surface area contributed by atoms with E-state index >= 15 is 0 Å². The van der Waals surface area contributed by atoms with E-state index in [1.165, 1.54) is 4.88 Å². The largest absolute Gasteiger partial charge is 0.338 e. The van der Waals surface area contributed by atoms with Gasteiger partial charge in [-0.25, -0.2) is 9.97 Å². The average Bonchev–Trinajstić information content (AvgIpc) is 2.87. The van der Waals surface area contributed by atoms with Crippen LogP contribution in [0.15, 0.2) is 28.3 Å². The monoisotopic (exact) mass is 324 g/mol. The van der Waals surface area contributed by atoms with Crippen molar-refractivity contribution in [1.82, 2.24) is 15.3 Å². The number of rotatable bonds is 2. The molecule has 6 heteroatoms. The lowest BCUT2D eigenvalue weighted by Gasteiger charge is -2.27. The third-order valence-electron chi connectivity index (χ3n) is 2.90. The molecule has 0 saturated carbocycles. The van der Waals surface area contributed by atoms with Crippen LogP contribution in [0.4, 0.5) is 5.95 Å². The fraction of sp³-hybridized carbons (Fsp3) is 0.333. The molecule has 0 amide bonds. The van der Waals surface area contributed by atoms with Gasteiger partial charge in [0.2, 0.25) is 5.95 Å². The number of halogens is 1. The van der Waals surface area contributed by atoms with Crippen molar-refractivity contribution in [3.05, 3.63) is 28.3 Å². The van der Waals surface area contributed by atoms with Crippen molar-refractivity contribution in [2.45, 2.75) is 0 Å². The third-order valence-corrected chi connectivity index (χ3v) is 4.57. The van der Waals surface area contributed by atoms with Crippen molar-refractivity contribution in [3.63, 3.8) is 0 Å². The summed E-state index contributed by atoms with van der Waals surface area (Å²) >= 11 is 5.16. The Morgan fingerprint density at radius 2 is 1.89 bits per heavy atom. The molecule has 0 radical (unpaired) electrons. The van der Waals surface area contributed by atoms with E-state index in [-0.39, 0.29) is 0 Å². The van der Waals surface area contributed by atoms with E-state index in [4.69, 9.17) is 0 Å². The lowest BCUT2D eigenvalue weighted by Crippen LogP contribution is -2.44. The highest BCUT2D eigenvalue weighted by molar-refractivity contribution is 9.11. The van der Waals surface area contributed by atoms with Gasteiger partial charge in [-0.3, -0.25) is 0 Å². The summed E-state index contributed by atoms with van der Waals surface area (Å²) in [5, 5.41) is 3.32. The summed E-state index contributed by atoms with van der Waals surface area (Å²) in [6, 6.07) is 4.13. The minimum atomic E-state index is 0.830. The zero-order valence-corrected chi connectivity index (χ0v) is 12.2. The first-order chi connectivity index (χ1) is 8.83. The van der Waals surface area contributed by atoms with Crippen molar-refractivity contribution in [2.24, 2.45) is 0 Å². The van der Waals surface area contributed by atoms with E-state index in [1.54, 1.807) is 11.3 Å². The van der Waals surface area contributed by atoms with Gasteiger partial charge in [-0.2, -0.15) is 0 Å². The molecule has 2 aromatic rings. The fourth-order valence-corrected chi connectivity index (χ4v) is 3.31. The molecule has 3 rings (SSSR count). The summed E-state index contributed by atoms with van der Waals surface area (Å²) in [4.78, 5) is 12.3. The van der Waals surface area contributed by atoms with Crippen LogP contribution >= 0.6 is 27.3 Å². The average molecular weight is 325 g/mol. The maximum absolute atomic E-state index is 4.47. The minimum absolute atomic E-state index is 0.830. The fourth-order valence-electron chi connectivity index (χ4n) is 1.95. The second-order valence-electron chi connectivity index (χ2n) is 4.11. The number of nitrogens with zero attached hydrogens (tertiary/aromatic N) is 3. The van der Waals surface area contributed by atoms with Crippen molar-refractivity contribution in [1.29, 1.82) is 0 Å². The first-order valence-electron chi connectivity index (χ1n) is 5.86. The second-order valence-corrected chi connectivity index (χ2v) is 6.58. The molecule has 1 N–H and O–H groups in total. The SMILES string of the molecule is Brc1ccc(-c2cnc(N3CCNCC3)nc2)s1. The first-order valence-corrected chi connectivity index (χ1v) is 7.47. The highest BCUT2D eigenvalue weighted by Crippen LogP contribution is 2.30. The lowest BCUT2D eigenvalue weighted by molar-refractivity contribution is 0.580. The molecule has 0 spiro atoms. The Balaban J connectivity index is 1.80. The topological polar surface area (TPSA) is 41.1 Å². The standard InChI is InChI=1S/C12H13BrN4S/c13-11-2-1-10(18-11)9-7-15-12(16-8-9)17-5-3-14-4-6-17/h1-2,7-8,14H,3-6H2. The van der Waals surface area contributed by atoms with Crippen LogP contribution in [-0.4, -0.2) is 36.1 Å². The van der Waals surface area contributed by atoms with Gasteiger partial charge >= 0.3 is 0 Å². The Morgan fingerprint density at radius 1 is 1.17 bits per heavy atom. The first kappa shape index (κ1) is 12.1. The molecule has 0 bridgehead atoms. The molecule has 2 aromatic heterocycles. The van der Waals surface area contributed by atoms with Gasteiger partial charge in [-0.05, 0) is 28.1 Å². The number of thiophene rings is 1. The molecule has 0 aromatic carbocycles. The molecule has 1 aliphatic heterocycles. The molecule has 0 atom stereocenters. The van der Waals surface area contributed by atoms with Crippen LogP contribution < -0.4 is 10.2 Å². The third kappa shape index (κ3) is 2.55. The number of nitrogens with one attached hydrogen (secondary N) is 1. The van der Waals surface area contributed by atoms with Crippen LogP contribution in [0.25, 0.3) is 10.4 Å². The molecule has 94 valence electrons. The molecule has 18 heavy (non-hydrogen) atoms. The van der Waals surface area contributed by atoms with E-state index in [1.807, 2.05) is 18.5 Å². The van der Waals surface area contributed by atoms with Gasteiger partial charge in [0.05, 0.1) is 3.79 Å². The predicted octanol–water partition coefficient (Wildman–Crippen LogP) is 2.38. The molecule has 3 heterocycles. The molecule has 1 saturated heterocycles. The lowest BCUT2D eigenvalue weighted by atomic mass is 10.3. The Kier molecular flexibility index (Phi) is 3.58. The Morgan fingerprint density at radius 3 is 2.50 bits per heavy atom. The van der Waals surface area contributed by atoms with Crippen molar-refractivity contribution >= 4 is 33.2 Å². The minimum Gasteiger partial charge on any atom is -0.338 e. The highest BCUT2D eigenvalue weighted by Gasteiger charge is 2.13. The number of aromatic nitrogens is 2. The number of hydrogen-bond donors (Lipinski definition) is 1. The molecule has 0 unspecified atom stereocenters. The summed E-state index contributed by atoms with van der Waals surface area (Å²) < 4.78 is 1.13. The van der Waals surface area contributed by atoms with E-state index in [0.717, 1.165) is 41.5 Å². The maximum Gasteiger partial charge on any atom is 0.225 e. The van der Waals surface area contributed by atoms with Gasteiger partial charge < -0.3 is 10.2 Å². The van der Waals surface area contributed by atoms with Gasteiger partial charge in [0.15, 0.2) is 0 Å². The van der Waals surface area contributed by atoms with E-state index in [9.17, 15) is 0 Å². The van der Waals surface area contributed by atoms with Crippen LogP contribution in [0, 0.1) is 0 Å². The van der Waals surface area contributed by atoms with Gasteiger partial charge in [-0.15, -0.1) is 11.3 Å². The van der Waals surface area contributed by atoms with Crippen LogP contribution in [0.1, 0.15) is 0 Å². The second kappa shape index (κ2) is 5.34. The normalized spacial score (nSPS) is 15.9. The number of hydrogen-bond acceptors (Lipinski definition) is 5. The van der Waals surface area contributed by atoms with Gasteiger partial charge in [0, 0.05) is 49.0 Å². The smallest absolute Gasteiger partial charge is 0.225 e. The quantitative estimate of drug-likeness (QED) is 0.920.